The van der Waals surface area contributed by atoms with E-state index in [4.69, 9.17) is 39.5 Å². The first kappa shape index (κ1) is 15.1. The van der Waals surface area contributed by atoms with Gasteiger partial charge < -0.3 is 4.74 Å². The summed E-state index contributed by atoms with van der Waals surface area (Å²) in [5.74, 6) is -0.607. The van der Waals surface area contributed by atoms with Crippen molar-refractivity contribution in [1.29, 1.82) is 0 Å². The molecule has 0 fully saturated rings. The molecule has 0 amide bonds. The van der Waals surface area contributed by atoms with Crippen molar-refractivity contribution in [3.8, 4) is 5.75 Å². The Hall–Kier alpha value is -1.29. The molecule has 0 heterocycles. The third kappa shape index (κ3) is 3.63. The van der Waals surface area contributed by atoms with E-state index >= 15 is 0 Å². The largest absolute Gasteiger partial charge is 0.484 e. The molecule has 0 N–H and O–H groups in total. The molecule has 0 aliphatic heterocycles. The normalized spacial score (nSPS) is 10.4. The Labute approximate surface area is 130 Å². The Morgan fingerprint density at radius 3 is 2.50 bits per heavy atom. The fraction of sp³-hybridized carbons (Fsp3) is 0.0714. The van der Waals surface area contributed by atoms with Crippen LogP contribution in [-0.2, 0) is 0 Å². The first-order valence-electron chi connectivity index (χ1n) is 5.53. The van der Waals surface area contributed by atoms with Gasteiger partial charge in [0.05, 0.1) is 10.0 Å². The molecule has 2 aromatic carbocycles. The van der Waals surface area contributed by atoms with Gasteiger partial charge >= 0.3 is 0 Å². The van der Waals surface area contributed by atoms with Crippen LogP contribution in [0.15, 0.2) is 36.4 Å². The Balaban J connectivity index is 2.10. The summed E-state index contributed by atoms with van der Waals surface area (Å²) in [5.41, 5.74) is 0.261. The number of ketones is 1. The number of Topliss-reactive ketones (excluding diaryl/α,β-unsaturated/α-hetero) is 1. The minimum atomic E-state index is -0.480. The lowest BCUT2D eigenvalue weighted by Crippen LogP contribution is -2.12. The quantitative estimate of drug-likeness (QED) is 0.732. The number of carbonyl (C=O) groups is 1. The second-order valence-electron chi connectivity index (χ2n) is 3.91. The molecule has 20 heavy (non-hydrogen) atoms. The van der Waals surface area contributed by atoms with Crippen molar-refractivity contribution in [2.75, 3.05) is 6.61 Å². The third-order valence-electron chi connectivity index (χ3n) is 2.48. The standard InChI is InChI=1S/C14H8Cl3FO2/c15-8-1-3-11(16)10(5-8)13(19)7-20-14-4-2-9(18)6-12(14)17/h1-6H,7H2. The zero-order valence-electron chi connectivity index (χ0n) is 10.00. The lowest BCUT2D eigenvalue weighted by molar-refractivity contribution is 0.0922. The number of carbonyl (C=O) groups excluding carboxylic acids is 1. The molecule has 0 aliphatic carbocycles. The van der Waals surface area contributed by atoms with Gasteiger partial charge in [0.2, 0.25) is 5.78 Å². The van der Waals surface area contributed by atoms with Crippen molar-refractivity contribution in [2.45, 2.75) is 0 Å². The van der Waals surface area contributed by atoms with E-state index < -0.39 is 5.82 Å². The van der Waals surface area contributed by atoms with Gasteiger partial charge in [0.25, 0.3) is 0 Å². The predicted octanol–water partition coefficient (Wildman–Crippen LogP) is 5.05. The molecule has 0 saturated heterocycles. The monoisotopic (exact) mass is 332 g/mol. The maximum atomic E-state index is 12.9. The average molecular weight is 334 g/mol. The lowest BCUT2D eigenvalue weighted by atomic mass is 10.1. The van der Waals surface area contributed by atoms with Gasteiger partial charge in [0, 0.05) is 10.6 Å². The Morgan fingerprint density at radius 1 is 1.05 bits per heavy atom. The van der Waals surface area contributed by atoms with Crippen LogP contribution < -0.4 is 4.74 Å². The van der Waals surface area contributed by atoms with Crippen LogP contribution in [0.3, 0.4) is 0 Å². The minimum absolute atomic E-state index is 0.0926. The van der Waals surface area contributed by atoms with Gasteiger partial charge in [0.1, 0.15) is 11.6 Å². The van der Waals surface area contributed by atoms with Crippen molar-refractivity contribution in [2.24, 2.45) is 0 Å². The van der Waals surface area contributed by atoms with Crippen LogP contribution in [0, 0.1) is 5.82 Å². The molecule has 0 saturated carbocycles. The Kier molecular flexibility index (Phi) is 4.86. The summed E-state index contributed by atoms with van der Waals surface area (Å²) in [5, 5.41) is 0.778. The average Bonchev–Trinajstić information content (AvgIpc) is 2.40. The molecule has 0 aliphatic rings. The molecule has 6 heteroatoms. The van der Waals surface area contributed by atoms with Gasteiger partial charge in [-0.25, -0.2) is 4.39 Å². The first-order valence-corrected chi connectivity index (χ1v) is 6.67. The number of hydrogen-bond donors (Lipinski definition) is 0. The van der Waals surface area contributed by atoms with E-state index in [1.165, 1.54) is 24.3 Å². The molecular weight excluding hydrogens is 326 g/mol. The Morgan fingerprint density at radius 2 is 1.80 bits per heavy atom. The summed E-state index contributed by atoms with van der Waals surface area (Å²) in [6, 6.07) is 8.22. The Bertz CT molecular complexity index is 659. The minimum Gasteiger partial charge on any atom is -0.484 e. The van der Waals surface area contributed by atoms with Gasteiger partial charge in [0.15, 0.2) is 6.61 Å². The molecule has 0 bridgehead atoms. The smallest absolute Gasteiger partial charge is 0.201 e. The van der Waals surface area contributed by atoms with Gasteiger partial charge in [-0.15, -0.1) is 0 Å². The summed E-state index contributed by atoms with van der Waals surface area (Å²) >= 11 is 17.5. The van der Waals surface area contributed by atoms with Crippen LogP contribution >= 0.6 is 34.8 Å². The van der Waals surface area contributed by atoms with Gasteiger partial charge in [-0.2, -0.15) is 0 Å². The van der Waals surface area contributed by atoms with E-state index in [9.17, 15) is 9.18 Å². The molecule has 2 aromatic rings. The zero-order valence-corrected chi connectivity index (χ0v) is 12.3. The highest BCUT2D eigenvalue weighted by atomic mass is 35.5. The van der Waals surface area contributed by atoms with Crippen LogP contribution in [0.4, 0.5) is 4.39 Å². The van der Waals surface area contributed by atoms with Crippen molar-refractivity contribution in [3.63, 3.8) is 0 Å². The predicted molar refractivity (Wildman–Crippen MR) is 77.7 cm³/mol. The zero-order chi connectivity index (χ0) is 14.7. The molecule has 0 atom stereocenters. The summed E-state index contributed by atoms with van der Waals surface area (Å²) in [6.45, 7) is -0.272. The van der Waals surface area contributed by atoms with Crippen LogP contribution in [-0.4, -0.2) is 12.4 Å². The maximum Gasteiger partial charge on any atom is 0.201 e. The summed E-state index contributed by atoms with van der Waals surface area (Å²) < 4.78 is 18.1. The number of hydrogen-bond acceptors (Lipinski definition) is 2. The van der Waals surface area contributed by atoms with Crippen LogP contribution in [0.25, 0.3) is 0 Å². The van der Waals surface area contributed by atoms with Crippen LogP contribution in [0.1, 0.15) is 10.4 Å². The van der Waals surface area contributed by atoms with E-state index in [0.29, 0.717) is 5.02 Å². The molecular formula is C14H8Cl3FO2. The number of rotatable bonds is 4. The summed E-state index contributed by atoms with van der Waals surface area (Å²) in [7, 11) is 0. The van der Waals surface area contributed by atoms with Crippen LogP contribution in [0.5, 0.6) is 5.75 Å². The molecule has 0 spiro atoms. The van der Waals surface area contributed by atoms with Crippen molar-refractivity contribution in [3.05, 3.63) is 62.8 Å². The van der Waals surface area contributed by atoms with Gasteiger partial charge in [-0.1, -0.05) is 34.8 Å². The fourth-order valence-corrected chi connectivity index (χ4v) is 2.14. The SMILES string of the molecule is O=C(COc1ccc(F)cc1Cl)c1cc(Cl)ccc1Cl. The highest BCUT2D eigenvalue weighted by Gasteiger charge is 2.13. The molecule has 0 unspecified atom stereocenters. The van der Waals surface area contributed by atoms with Crippen molar-refractivity contribution >= 4 is 40.6 Å². The second-order valence-corrected chi connectivity index (χ2v) is 5.16. The van der Waals surface area contributed by atoms with E-state index in [-0.39, 0.29) is 33.7 Å². The number of ether oxygens (including phenoxy) is 1. The lowest BCUT2D eigenvalue weighted by Gasteiger charge is -2.08. The molecule has 0 aromatic heterocycles. The van der Waals surface area contributed by atoms with E-state index in [2.05, 4.69) is 0 Å². The second kappa shape index (κ2) is 6.44. The maximum absolute atomic E-state index is 12.9. The van der Waals surface area contributed by atoms with Gasteiger partial charge in [-0.05, 0) is 36.4 Å². The molecule has 2 rings (SSSR count). The summed E-state index contributed by atoms with van der Waals surface area (Å²) in [4.78, 5) is 12.0. The van der Waals surface area contributed by atoms with E-state index in [1.54, 1.807) is 6.07 Å². The highest BCUT2D eigenvalue weighted by Crippen LogP contribution is 2.26. The molecule has 104 valence electrons. The van der Waals surface area contributed by atoms with Crippen molar-refractivity contribution in [1.82, 2.24) is 0 Å². The van der Waals surface area contributed by atoms with Crippen LogP contribution in [0.2, 0.25) is 15.1 Å². The molecule has 0 radical (unpaired) electrons. The topological polar surface area (TPSA) is 26.3 Å². The van der Waals surface area contributed by atoms with Gasteiger partial charge in [-0.3, -0.25) is 4.79 Å². The van der Waals surface area contributed by atoms with E-state index in [1.807, 2.05) is 0 Å². The molecule has 2 nitrogen and oxygen atoms in total. The highest BCUT2D eigenvalue weighted by molar-refractivity contribution is 6.36. The number of halogens is 4. The number of benzene rings is 2. The summed E-state index contributed by atoms with van der Waals surface area (Å²) in [6.07, 6.45) is 0. The van der Waals surface area contributed by atoms with Crippen molar-refractivity contribution < 1.29 is 13.9 Å². The third-order valence-corrected chi connectivity index (χ3v) is 3.34. The fourth-order valence-electron chi connectivity index (χ4n) is 1.52. The van der Waals surface area contributed by atoms with E-state index in [0.717, 1.165) is 6.07 Å². The first-order chi connectivity index (χ1) is 9.47.